The molecule has 0 fully saturated rings. The first-order chi connectivity index (χ1) is 23.3. The number of hydrogen-bond acceptors (Lipinski definition) is 6. The smallest absolute Gasteiger partial charge is 0.164 e. The Labute approximate surface area is 270 Å². The Morgan fingerprint density at radius 2 is 0.957 bits per heavy atom. The van der Waals surface area contributed by atoms with Crippen molar-refractivity contribution in [2.45, 2.75) is 0 Å². The molecule has 4 heterocycles. The van der Waals surface area contributed by atoms with Crippen LogP contribution in [0.25, 0.3) is 89.4 Å². The van der Waals surface area contributed by atoms with Crippen LogP contribution in [0.5, 0.6) is 0 Å². The van der Waals surface area contributed by atoms with Crippen molar-refractivity contribution in [3.05, 3.63) is 152 Å². The monoisotopic (exact) mass is 603 g/mol. The second-order valence-corrected chi connectivity index (χ2v) is 11.3. The maximum absolute atomic E-state index is 6.16. The van der Waals surface area contributed by atoms with Gasteiger partial charge in [-0.15, -0.1) is 0 Å². The van der Waals surface area contributed by atoms with Gasteiger partial charge in [-0.25, -0.2) is 15.0 Å². The van der Waals surface area contributed by atoms with Crippen molar-refractivity contribution in [3.8, 4) is 56.7 Å². The molecular weight excluding hydrogens is 578 g/mol. The third-order valence-corrected chi connectivity index (χ3v) is 8.45. The summed E-state index contributed by atoms with van der Waals surface area (Å²) in [6, 6.07) is 46.8. The highest BCUT2D eigenvalue weighted by Crippen LogP contribution is 2.39. The van der Waals surface area contributed by atoms with Crippen molar-refractivity contribution in [1.29, 1.82) is 0 Å². The van der Waals surface area contributed by atoms with Gasteiger partial charge in [0.2, 0.25) is 0 Å². The van der Waals surface area contributed by atoms with E-state index in [0.717, 1.165) is 71.9 Å². The average molecular weight is 604 g/mol. The van der Waals surface area contributed by atoms with Gasteiger partial charge in [-0.3, -0.25) is 9.97 Å². The third kappa shape index (κ3) is 4.71. The third-order valence-electron chi connectivity index (χ3n) is 8.45. The minimum Gasteiger partial charge on any atom is -0.456 e. The molecule has 0 aliphatic heterocycles. The molecule has 0 N–H and O–H groups in total. The number of aromatic nitrogens is 5. The van der Waals surface area contributed by atoms with Crippen LogP contribution < -0.4 is 0 Å². The quantitative estimate of drug-likeness (QED) is 0.195. The van der Waals surface area contributed by atoms with E-state index in [0.29, 0.717) is 17.5 Å². The lowest BCUT2D eigenvalue weighted by molar-refractivity contribution is 0.668. The van der Waals surface area contributed by atoms with Crippen LogP contribution in [0.1, 0.15) is 0 Å². The first kappa shape index (κ1) is 26.8. The molecule has 0 bridgehead atoms. The predicted molar refractivity (Wildman–Crippen MR) is 187 cm³/mol. The molecule has 9 aromatic rings. The predicted octanol–water partition coefficient (Wildman–Crippen LogP) is 10.0. The van der Waals surface area contributed by atoms with E-state index < -0.39 is 0 Å². The number of hydrogen-bond donors (Lipinski definition) is 0. The molecule has 47 heavy (non-hydrogen) atoms. The second-order valence-electron chi connectivity index (χ2n) is 11.3. The highest BCUT2D eigenvalue weighted by Gasteiger charge is 2.18. The number of nitrogens with zero attached hydrogens (tertiary/aromatic N) is 5. The van der Waals surface area contributed by atoms with E-state index in [9.17, 15) is 0 Å². The maximum Gasteiger partial charge on any atom is 0.164 e. The summed E-state index contributed by atoms with van der Waals surface area (Å²) >= 11 is 0. The summed E-state index contributed by atoms with van der Waals surface area (Å²) in [5.74, 6) is 1.88. The number of fused-ring (bicyclic) bond motifs is 4. The molecule has 220 valence electrons. The first-order valence-electron chi connectivity index (χ1n) is 15.4. The molecule has 0 radical (unpaired) electrons. The number of para-hydroxylation sites is 1. The van der Waals surface area contributed by atoms with E-state index in [1.165, 1.54) is 0 Å². The molecule has 6 nitrogen and oxygen atoms in total. The fourth-order valence-electron chi connectivity index (χ4n) is 6.26. The highest BCUT2D eigenvalue weighted by atomic mass is 16.3. The summed E-state index contributed by atoms with van der Waals surface area (Å²) in [7, 11) is 0. The molecule has 4 aromatic heterocycles. The lowest BCUT2D eigenvalue weighted by atomic mass is 9.95. The van der Waals surface area contributed by atoms with Crippen LogP contribution >= 0.6 is 0 Å². The van der Waals surface area contributed by atoms with Crippen LogP contribution in [0.4, 0.5) is 0 Å². The van der Waals surface area contributed by atoms with Gasteiger partial charge >= 0.3 is 0 Å². The second kappa shape index (κ2) is 11.1. The van der Waals surface area contributed by atoms with Crippen molar-refractivity contribution < 1.29 is 4.42 Å². The highest BCUT2D eigenvalue weighted by molar-refractivity contribution is 6.14. The average Bonchev–Trinajstić information content (AvgIpc) is 3.54. The lowest BCUT2D eigenvalue weighted by Crippen LogP contribution is -2.00. The van der Waals surface area contributed by atoms with Gasteiger partial charge in [-0.2, -0.15) is 0 Å². The van der Waals surface area contributed by atoms with Crippen molar-refractivity contribution >= 4 is 32.7 Å². The van der Waals surface area contributed by atoms with E-state index in [1.54, 1.807) is 6.20 Å². The Balaban J connectivity index is 1.20. The van der Waals surface area contributed by atoms with Crippen molar-refractivity contribution in [1.82, 2.24) is 24.9 Å². The maximum atomic E-state index is 6.16. The van der Waals surface area contributed by atoms with Crippen LogP contribution in [0, 0.1) is 0 Å². The van der Waals surface area contributed by atoms with Gasteiger partial charge in [0, 0.05) is 39.9 Å². The minimum atomic E-state index is 0.616. The van der Waals surface area contributed by atoms with Crippen molar-refractivity contribution in [3.63, 3.8) is 0 Å². The zero-order valence-electron chi connectivity index (χ0n) is 25.1. The normalized spacial score (nSPS) is 11.4. The van der Waals surface area contributed by atoms with E-state index in [-0.39, 0.29) is 0 Å². The summed E-state index contributed by atoms with van der Waals surface area (Å²) in [6.07, 6.45) is 3.65. The largest absolute Gasteiger partial charge is 0.456 e. The molecule has 0 aliphatic carbocycles. The van der Waals surface area contributed by atoms with Crippen LogP contribution in [-0.2, 0) is 0 Å². The number of pyridine rings is 2. The fraction of sp³-hybridized carbons (Fsp3) is 0. The van der Waals surface area contributed by atoms with Gasteiger partial charge in [0.1, 0.15) is 16.9 Å². The molecule has 0 aliphatic rings. The zero-order valence-corrected chi connectivity index (χ0v) is 25.1. The molecule has 0 saturated heterocycles. The standard InChI is InChI=1S/C41H25N5O/c1-3-11-26(12-4-1)39-44-40(27-13-5-2-6-14-27)46-41(45-39)29-16-9-15-28(25-29)30-18-10-19-32-31(30)21-23-42-37(32)38-36-33-17-7-8-20-34(33)47-35(36)22-24-43-38/h1-25H. The van der Waals surface area contributed by atoms with E-state index in [2.05, 4.69) is 54.6 Å². The molecule has 0 spiro atoms. The molecule has 0 atom stereocenters. The summed E-state index contributed by atoms with van der Waals surface area (Å²) in [6.45, 7) is 0. The molecule has 0 unspecified atom stereocenters. The minimum absolute atomic E-state index is 0.616. The summed E-state index contributed by atoms with van der Waals surface area (Å²) < 4.78 is 6.16. The topological polar surface area (TPSA) is 77.6 Å². The Hall–Kier alpha value is -6.53. The van der Waals surface area contributed by atoms with Crippen LogP contribution in [0.15, 0.2) is 156 Å². The summed E-state index contributed by atoms with van der Waals surface area (Å²) in [4.78, 5) is 24.4. The Bertz CT molecular complexity index is 2520. The van der Waals surface area contributed by atoms with Crippen LogP contribution in [-0.4, -0.2) is 24.9 Å². The fourth-order valence-corrected chi connectivity index (χ4v) is 6.26. The molecule has 9 rings (SSSR count). The first-order valence-corrected chi connectivity index (χ1v) is 15.4. The van der Waals surface area contributed by atoms with Gasteiger partial charge in [0.15, 0.2) is 17.5 Å². The van der Waals surface area contributed by atoms with Crippen LogP contribution in [0.2, 0.25) is 0 Å². The van der Waals surface area contributed by atoms with Gasteiger partial charge in [-0.1, -0.05) is 115 Å². The molecular formula is C41H25N5O. The SMILES string of the molecule is c1ccc(-c2nc(-c3ccccc3)nc(-c3cccc(-c4cccc5c(-c6nccc7oc8ccccc8c67)nccc45)c3)n2)cc1. The molecule has 6 heteroatoms. The van der Waals surface area contributed by atoms with Gasteiger partial charge < -0.3 is 4.42 Å². The molecule has 0 saturated carbocycles. The summed E-state index contributed by atoms with van der Waals surface area (Å²) in [5, 5.41) is 4.08. The number of rotatable bonds is 5. The van der Waals surface area contributed by atoms with Gasteiger partial charge in [0.25, 0.3) is 0 Å². The van der Waals surface area contributed by atoms with Crippen LogP contribution in [0.3, 0.4) is 0 Å². The van der Waals surface area contributed by atoms with Crippen molar-refractivity contribution in [2.24, 2.45) is 0 Å². The lowest BCUT2D eigenvalue weighted by Gasteiger charge is -2.12. The van der Waals surface area contributed by atoms with E-state index >= 15 is 0 Å². The van der Waals surface area contributed by atoms with Gasteiger partial charge in [0.05, 0.1) is 11.1 Å². The molecule has 0 amide bonds. The van der Waals surface area contributed by atoms with Gasteiger partial charge in [-0.05, 0) is 40.8 Å². The van der Waals surface area contributed by atoms with E-state index in [4.69, 9.17) is 29.3 Å². The Morgan fingerprint density at radius 3 is 1.72 bits per heavy atom. The summed E-state index contributed by atoms with van der Waals surface area (Å²) in [5.41, 5.74) is 8.15. The Morgan fingerprint density at radius 1 is 0.383 bits per heavy atom. The number of benzene rings is 5. The number of furan rings is 1. The Kier molecular flexibility index (Phi) is 6.35. The van der Waals surface area contributed by atoms with E-state index in [1.807, 2.05) is 91.1 Å². The molecule has 5 aromatic carbocycles. The van der Waals surface area contributed by atoms with Crippen molar-refractivity contribution in [2.75, 3.05) is 0 Å². The zero-order chi connectivity index (χ0) is 31.2.